The molecule has 25 heavy (non-hydrogen) atoms. The molecular formula is C20H26N2O3. The molecule has 0 saturated heterocycles. The van der Waals surface area contributed by atoms with Gasteiger partial charge in [-0.15, -0.1) is 0 Å². The highest BCUT2D eigenvalue weighted by Gasteiger charge is 2.06. The van der Waals surface area contributed by atoms with Crippen LogP contribution in [0.5, 0.6) is 11.5 Å². The van der Waals surface area contributed by atoms with Crippen LogP contribution >= 0.6 is 0 Å². The molecule has 0 spiro atoms. The molecule has 0 aliphatic rings. The number of carbonyl (C=O) groups is 1. The van der Waals surface area contributed by atoms with E-state index in [0.29, 0.717) is 19.8 Å². The Bertz CT molecular complexity index is 629. The van der Waals surface area contributed by atoms with Gasteiger partial charge < -0.3 is 20.1 Å². The highest BCUT2D eigenvalue weighted by Crippen LogP contribution is 2.17. The molecule has 1 atom stereocenters. The third-order valence-electron chi connectivity index (χ3n) is 3.70. The lowest BCUT2D eigenvalue weighted by Crippen LogP contribution is -2.36. The van der Waals surface area contributed by atoms with Gasteiger partial charge in [-0.05, 0) is 43.7 Å². The Kier molecular flexibility index (Phi) is 7.79. The van der Waals surface area contributed by atoms with Crippen molar-refractivity contribution in [3.05, 3.63) is 60.2 Å². The van der Waals surface area contributed by atoms with E-state index in [-0.39, 0.29) is 18.5 Å². The first kappa shape index (κ1) is 18.8. The first-order valence-electron chi connectivity index (χ1n) is 8.59. The van der Waals surface area contributed by atoms with Crippen LogP contribution in [0.4, 0.5) is 0 Å². The quantitative estimate of drug-likeness (QED) is 0.652. The second kappa shape index (κ2) is 10.4. The van der Waals surface area contributed by atoms with Crippen molar-refractivity contribution in [1.29, 1.82) is 0 Å². The maximum atomic E-state index is 11.9. The minimum absolute atomic E-state index is 0.0434. The van der Waals surface area contributed by atoms with E-state index in [9.17, 15) is 4.79 Å². The molecule has 1 amide bonds. The maximum Gasteiger partial charge on any atom is 0.234 e. The summed E-state index contributed by atoms with van der Waals surface area (Å²) in [6.45, 7) is 5.80. The minimum Gasteiger partial charge on any atom is -0.494 e. The Hall–Kier alpha value is -2.53. The Balaban J connectivity index is 1.60. The van der Waals surface area contributed by atoms with Gasteiger partial charge in [-0.2, -0.15) is 0 Å². The fourth-order valence-corrected chi connectivity index (χ4v) is 2.33. The van der Waals surface area contributed by atoms with Crippen LogP contribution in [0.15, 0.2) is 54.6 Å². The molecule has 0 aromatic heterocycles. The average Bonchev–Trinajstić information content (AvgIpc) is 2.65. The average molecular weight is 342 g/mol. The van der Waals surface area contributed by atoms with Gasteiger partial charge in [0.2, 0.25) is 5.91 Å². The fraction of sp³-hybridized carbons (Fsp3) is 0.350. The van der Waals surface area contributed by atoms with E-state index in [1.54, 1.807) is 0 Å². The SMILES string of the molecule is CCOc1ccc(OCCNC(=O)CN[C@H](C)c2ccccc2)cc1. The van der Waals surface area contributed by atoms with Gasteiger partial charge in [0.05, 0.1) is 19.7 Å². The van der Waals surface area contributed by atoms with E-state index in [1.807, 2.05) is 68.4 Å². The zero-order chi connectivity index (χ0) is 17.9. The highest BCUT2D eigenvalue weighted by atomic mass is 16.5. The smallest absolute Gasteiger partial charge is 0.234 e. The molecule has 5 heteroatoms. The Morgan fingerprint density at radius 1 is 1.00 bits per heavy atom. The Morgan fingerprint density at radius 2 is 1.64 bits per heavy atom. The number of benzene rings is 2. The van der Waals surface area contributed by atoms with Gasteiger partial charge >= 0.3 is 0 Å². The number of rotatable bonds is 10. The summed E-state index contributed by atoms with van der Waals surface area (Å²) in [5.41, 5.74) is 1.16. The number of hydrogen-bond donors (Lipinski definition) is 2. The van der Waals surface area contributed by atoms with Crippen molar-refractivity contribution < 1.29 is 14.3 Å². The van der Waals surface area contributed by atoms with Crippen LogP contribution in [-0.2, 0) is 4.79 Å². The lowest BCUT2D eigenvalue weighted by Gasteiger charge is -2.14. The summed E-state index contributed by atoms with van der Waals surface area (Å²) in [4.78, 5) is 11.9. The van der Waals surface area contributed by atoms with Gasteiger partial charge in [0.25, 0.3) is 0 Å². The largest absolute Gasteiger partial charge is 0.494 e. The first-order chi connectivity index (χ1) is 12.2. The zero-order valence-corrected chi connectivity index (χ0v) is 14.8. The van der Waals surface area contributed by atoms with Gasteiger partial charge in [0.15, 0.2) is 0 Å². The van der Waals surface area contributed by atoms with Crippen molar-refractivity contribution in [2.75, 3.05) is 26.3 Å². The van der Waals surface area contributed by atoms with Crippen molar-refractivity contribution in [3.63, 3.8) is 0 Å². The zero-order valence-electron chi connectivity index (χ0n) is 14.8. The molecule has 5 nitrogen and oxygen atoms in total. The van der Waals surface area contributed by atoms with Crippen LogP contribution in [0.2, 0.25) is 0 Å². The predicted octanol–water partition coefficient (Wildman–Crippen LogP) is 2.93. The molecule has 0 unspecified atom stereocenters. The number of hydrogen-bond acceptors (Lipinski definition) is 4. The molecule has 0 radical (unpaired) electrons. The van der Waals surface area contributed by atoms with Crippen LogP contribution < -0.4 is 20.1 Å². The second-order valence-corrected chi connectivity index (χ2v) is 5.62. The summed E-state index contributed by atoms with van der Waals surface area (Å²) in [6, 6.07) is 17.6. The summed E-state index contributed by atoms with van der Waals surface area (Å²) >= 11 is 0. The molecule has 0 aliphatic heterocycles. The van der Waals surface area contributed by atoms with E-state index in [1.165, 1.54) is 0 Å². The number of nitrogens with one attached hydrogen (secondary N) is 2. The molecule has 0 bridgehead atoms. The molecule has 2 aromatic rings. The van der Waals surface area contributed by atoms with E-state index < -0.39 is 0 Å². The molecule has 2 rings (SSSR count). The molecule has 134 valence electrons. The van der Waals surface area contributed by atoms with Crippen LogP contribution in [-0.4, -0.2) is 32.2 Å². The monoisotopic (exact) mass is 342 g/mol. The third kappa shape index (κ3) is 6.85. The summed E-state index contributed by atoms with van der Waals surface area (Å²) in [5.74, 6) is 1.54. The van der Waals surface area contributed by atoms with E-state index >= 15 is 0 Å². The van der Waals surface area contributed by atoms with Crippen LogP contribution in [0.1, 0.15) is 25.5 Å². The minimum atomic E-state index is -0.0434. The highest BCUT2D eigenvalue weighted by molar-refractivity contribution is 5.78. The summed E-state index contributed by atoms with van der Waals surface area (Å²) in [5, 5.41) is 6.05. The number of amides is 1. The van der Waals surface area contributed by atoms with Crippen LogP contribution in [0, 0.1) is 0 Å². The molecule has 0 aliphatic carbocycles. The van der Waals surface area contributed by atoms with Crippen molar-refractivity contribution in [3.8, 4) is 11.5 Å². The van der Waals surface area contributed by atoms with Crippen molar-refractivity contribution in [1.82, 2.24) is 10.6 Å². The van der Waals surface area contributed by atoms with E-state index in [2.05, 4.69) is 10.6 Å². The molecule has 0 heterocycles. The van der Waals surface area contributed by atoms with Gasteiger partial charge in [0.1, 0.15) is 18.1 Å². The van der Waals surface area contributed by atoms with Gasteiger partial charge in [0, 0.05) is 6.04 Å². The van der Waals surface area contributed by atoms with E-state index in [0.717, 1.165) is 17.1 Å². The van der Waals surface area contributed by atoms with E-state index in [4.69, 9.17) is 9.47 Å². The topological polar surface area (TPSA) is 59.6 Å². The van der Waals surface area contributed by atoms with Crippen molar-refractivity contribution in [2.24, 2.45) is 0 Å². The van der Waals surface area contributed by atoms with Gasteiger partial charge in [-0.25, -0.2) is 0 Å². The van der Waals surface area contributed by atoms with Gasteiger partial charge in [-0.1, -0.05) is 30.3 Å². The summed E-state index contributed by atoms with van der Waals surface area (Å²) in [6.07, 6.45) is 0. The molecule has 0 fully saturated rings. The van der Waals surface area contributed by atoms with Crippen LogP contribution in [0.3, 0.4) is 0 Å². The standard InChI is InChI=1S/C20H26N2O3/c1-3-24-18-9-11-19(12-10-18)25-14-13-21-20(23)15-22-16(2)17-7-5-4-6-8-17/h4-12,16,22H,3,13-15H2,1-2H3,(H,21,23)/t16-/m1/s1. The van der Waals surface area contributed by atoms with Crippen LogP contribution in [0.25, 0.3) is 0 Å². The Morgan fingerprint density at radius 3 is 2.28 bits per heavy atom. The normalized spacial score (nSPS) is 11.6. The summed E-state index contributed by atoms with van der Waals surface area (Å²) < 4.78 is 11.0. The molecule has 2 N–H and O–H groups in total. The first-order valence-corrected chi connectivity index (χ1v) is 8.59. The predicted molar refractivity (Wildman–Crippen MR) is 99.0 cm³/mol. The number of carbonyl (C=O) groups excluding carboxylic acids is 1. The lowest BCUT2D eigenvalue weighted by atomic mass is 10.1. The Labute approximate surface area is 149 Å². The molecule has 0 saturated carbocycles. The van der Waals surface area contributed by atoms with Crippen molar-refractivity contribution in [2.45, 2.75) is 19.9 Å². The second-order valence-electron chi connectivity index (χ2n) is 5.62. The number of ether oxygens (including phenoxy) is 2. The summed E-state index contributed by atoms with van der Waals surface area (Å²) in [7, 11) is 0. The third-order valence-corrected chi connectivity index (χ3v) is 3.70. The molecular weight excluding hydrogens is 316 g/mol. The van der Waals surface area contributed by atoms with Crippen molar-refractivity contribution >= 4 is 5.91 Å². The van der Waals surface area contributed by atoms with Gasteiger partial charge in [-0.3, -0.25) is 4.79 Å². The fourth-order valence-electron chi connectivity index (χ4n) is 2.33. The maximum absolute atomic E-state index is 11.9. The lowest BCUT2D eigenvalue weighted by molar-refractivity contribution is -0.120. The molecule has 2 aromatic carbocycles.